The topological polar surface area (TPSA) is 60.1 Å². The third-order valence-electron chi connectivity index (χ3n) is 1.43. The lowest BCUT2D eigenvalue weighted by atomic mass is 10.3. The van der Waals surface area contributed by atoms with Crippen molar-refractivity contribution in [1.29, 1.82) is 0 Å². The van der Waals surface area contributed by atoms with Crippen LogP contribution in [-0.2, 0) is 0 Å². The van der Waals surface area contributed by atoms with Crippen LogP contribution < -0.4 is 4.73 Å². The van der Waals surface area contributed by atoms with Crippen LogP contribution in [-0.4, -0.2) is 10.1 Å². The molecule has 0 fully saturated rings. The van der Waals surface area contributed by atoms with Crippen LogP contribution in [0.4, 0.5) is 0 Å². The fourth-order valence-electron chi connectivity index (χ4n) is 0.611. The number of rotatable bonds is 0. The van der Waals surface area contributed by atoms with Gasteiger partial charge in [0, 0.05) is 5.56 Å². The number of nitrogens with zero attached hydrogens (tertiary/aromatic N) is 2. The van der Waals surface area contributed by atoms with Crippen molar-refractivity contribution >= 4 is 0 Å². The summed E-state index contributed by atoms with van der Waals surface area (Å²) in [5.74, 6) is 0. The molecule has 0 unspecified atom stereocenters. The zero-order valence-electron chi connectivity index (χ0n) is 5.83. The molecular weight excluding hydrogens is 132 g/mol. The van der Waals surface area contributed by atoms with Crippen molar-refractivity contribution in [3.63, 3.8) is 0 Å². The highest BCUT2D eigenvalue weighted by Gasteiger charge is 2.07. The third-order valence-corrected chi connectivity index (χ3v) is 1.43. The van der Waals surface area contributed by atoms with Crippen LogP contribution in [0.25, 0.3) is 0 Å². The second-order valence-corrected chi connectivity index (χ2v) is 2.12. The lowest BCUT2D eigenvalue weighted by molar-refractivity contribution is -0.624. The van der Waals surface area contributed by atoms with Gasteiger partial charge in [-0.3, -0.25) is 0 Å². The van der Waals surface area contributed by atoms with Crippen molar-refractivity contribution < 1.29 is 9.84 Å². The highest BCUT2D eigenvalue weighted by Crippen LogP contribution is 2.01. The molecule has 0 aliphatic heterocycles. The second kappa shape index (κ2) is 2.13. The summed E-state index contributed by atoms with van der Waals surface area (Å²) in [6.45, 7) is 3.39. The van der Waals surface area contributed by atoms with Crippen LogP contribution in [0.2, 0.25) is 0 Å². The molecule has 4 heteroatoms. The van der Waals surface area contributed by atoms with Gasteiger partial charge in [0.05, 0.1) is 0 Å². The van der Waals surface area contributed by atoms with Gasteiger partial charge in [0.15, 0.2) is 6.20 Å². The highest BCUT2D eigenvalue weighted by molar-refractivity contribution is 5.09. The summed E-state index contributed by atoms with van der Waals surface area (Å²) in [5.41, 5.74) is 1.25. The maximum Gasteiger partial charge on any atom is 0.499 e. The highest BCUT2D eigenvalue weighted by atomic mass is 16.5. The maximum atomic E-state index is 10.8. The lowest BCUT2D eigenvalue weighted by Crippen LogP contribution is -2.31. The van der Waals surface area contributed by atoms with E-state index in [-0.39, 0.29) is 0 Å². The number of aromatic nitrogens is 2. The van der Waals surface area contributed by atoms with Gasteiger partial charge in [-0.05, 0) is 18.8 Å². The zero-order chi connectivity index (χ0) is 7.72. The summed E-state index contributed by atoms with van der Waals surface area (Å²) in [6, 6.07) is -0.497. The van der Waals surface area contributed by atoms with Crippen LogP contribution >= 0.6 is 0 Å². The number of aromatic hydroxyl groups is 1. The molecule has 0 aliphatic rings. The molecule has 0 radical (unpaired) electrons. The minimum atomic E-state index is -0.497. The molecule has 54 valence electrons. The van der Waals surface area contributed by atoms with E-state index < -0.39 is 6.01 Å². The Labute approximate surface area is 58.4 Å². The monoisotopic (exact) mass is 140 g/mol. The van der Waals surface area contributed by atoms with Gasteiger partial charge in [-0.25, -0.2) is 0 Å². The summed E-state index contributed by atoms with van der Waals surface area (Å²) in [4.78, 5) is 3.45. The predicted molar refractivity (Wildman–Crippen MR) is 34.3 cm³/mol. The molecular formula is C6H8N2O2. The van der Waals surface area contributed by atoms with Gasteiger partial charge in [-0.1, -0.05) is 0 Å². The summed E-state index contributed by atoms with van der Waals surface area (Å²) in [7, 11) is 0. The number of aryl methyl sites for hydroxylation is 1. The molecule has 0 spiro atoms. The smallest absolute Gasteiger partial charge is 0.499 e. The minimum Gasteiger partial charge on any atom is -0.708 e. The van der Waals surface area contributed by atoms with Crippen molar-refractivity contribution in [3.8, 4) is 6.01 Å². The van der Waals surface area contributed by atoms with Gasteiger partial charge >= 0.3 is 6.01 Å². The Kier molecular flexibility index (Phi) is 1.45. The van der Waals surface area contributed by atoms with Gasteiger partial charge in [-0.15, -0.1) is 0 Å². The third kappa shape index (κ3) is 0.877. The molecule has 1 aromatic heterocycles. The van der Waals surface area contributed by atoms with Gasteiger partial charge in [0.2, 0.25) is 0 Å². The van der Waals surface area contributed by atoms with E-state index in [9.17, 15) is 5.21 Å². The number of hydrogen-bond donors (Lipinski definition) is 1. The van der Waals surface area contributed by atoms with E-state index in [4.69, 9.17) is 5.11 Å². The second-order valence-electron chi connectivity index (χ2n) is 2.12. The van der Waals surface area contributed by atoms with Gasteiger partial charge in [-0.2, -0.15) is 4.73 Å². The molecule has 0 amide bonds. The van der Waals surface area contributed by atoms with E-state index in [1.807, 2.05) is 0 Å². The quantitative estimate of drug-likeness (QED) is 0.408. The molecule has 0 aromatic carbocycles. The van der Waals surface area contributed by atoms with Crippen molar-refractivity contribution in [2.24, 2.45) is 0 Å². The van der Waals surface area contributed by atoms with Gasteiger partial charge < -0.3 is 10.3 Å². The van der Waals surface area contributed by atoms with Crippen LogP contribution in [0.1, 0.15) is 11.3 Å². The van der Waals surface area contributed by atoms with E-state index in [1.54, 1.807) is 13.8 Å². The summed E-state index contributed by atoms with van der Waals surface area (Å²) in [5, 5.41) is 19.6. The molecule has 0 saturated carbocycles. The average molecular weight is 140 g/mol. The standard InChI is InChI=1S/C6H8N2O2/c1-4-3-7-6(9)8(10)5(4)2/h3H,1-2H3,(H,7,9). The fraction of sp³-hybridized carbons (Fsp3) is 0.333. The van der Waals surface area contributed by atoms with Crippen LogP contribution in [0.15, 0.2) is 6.20 Å². The van der Waals surface area contributed by atoms with Gasteiger partial charge in [0.25, 0.3) is 0 Å². The summed E-state index contributed by atoms with van der Waals surface area (Å²) < 4.78 is 0.398. The number of hydrogen-bond acceptors (Lipinski definition) is 3. The van der Waals surface area contributed by atoms with Gasteiger partial charge in [0.1, 0.15) is 5.69 Å². The van der Waals surface area contributed by atoms with Crippen LogP contribution in [0, 0.1) is 19.1 Å². The first-order chi connectivity index (χ1) is 4.63. The Morgan fingerprint density at radius 2 is 2.20 bits per heavy atom. The van der Waals surface area contributed by atoms with Crippen molar-refractivity contribution in [2.75, 3.05) is 0 Å². The fourth-order valence-corrected chi connectivity index (χ4v) is 0.611. The van der Waals surface area contributed by atoms with Crippen molar-refractivity contribution in [1.82, 2.24) is 4.98 Å². The Morgan fingerprint density at radius 3 is 2.70 bits per heavy atom. The average Bonchev–Trinajstić information content (AvgIpc) is 1.93. The molecule has 1 heterocycles. The molecule has 10 heavy (non-hydrogen) atoms. The summed E-state index contributed by atoms with van der Waals surface area (Å²) in [6.07, 6.45) is 1.46. The SMILES string of the molecule is Cc1cnc(O)[n+]([O-])c1C. The van der Waals surface area contributed by atoms with E-state index in [1.165, 1.54) is 6.20 Å². The normalized spacial score (nSPS) is 9.80. The minimum absolute atomic E-state index is 0.398. The van der Waals surface area contributed by atoms with Crippen molar-refractivity contribution in [2.45, 2.75) is 13.8 Å². The van der Waals surface area contributed by atoms with E-state index in [0.29, 0.717) is 10.4 Å². The molecule has 4 nitrogen and oxygen atoms in total. The lowest BCUT2D eigenvalue weighted by Gasteiger charge is -2.05. The molecule has 0 saturated heterocycles. The first kappa shape index (κ1) is 6.80. The van der Waals surface area contributed by atoms with Crippen LogP contribution in [0.5, 0.6) is 6.01 Å². The first-order valence-electron chi connectivity index (χ1n) is 2.87. The molecule has 1 aromatic rings. The Bertz CT molecular complexity index is 233. The van der Waals surface area contributed by atoms with Crippen LogP contribution in [0.3, 0.4) is 0 Å². The van der Waals surface area contributed by atoms with Crippen molar-refractivity contribution in [3.05, 3.63) is 22.7 Å². The Balaban J connectivity index is 3.34. The maximum absolute atomic E-state index is 10.8. The Hall–Kier alpha value is -1.32. The molecule has 0 atom stereocenters. The molecule has 1 N–H and O–H groups in total. The predicted octanol–water partition coefficient (Wildman–Crippen LogP) is 0.0374. The Morgan fingerprint density at radius 1 is 1.60 bits per heavy atom. The molecule has 1 rings (SSSR count). The van der Waals surface area contributed by atoms with E-state index in [0.717, 1.165) is 5.56 Å². The van der Waals surface area contributed by atoms with E-state index in [2.05, 4.69) is 4.98 Å². The first-order valence-corrected chi connectivity index (χ1v) is 2.87. The van der Waals surface area contributed by atoms with E-state index >= 15 is 0 Å². The molecule has 0 bridgehead atoms. The largest absolute Gasteiger partial charge is 0.708 e. The zero-order valence-corrected chi connectivity index (χ0v) is 5.83. The summed E-state index contributed by atoms with van der Waals surface area (Å²) >= 11 is 0. The molecule has 0 aliphatic carbocycles.